The second-order valence-corrected chi connectivity index (χ2v) is 3.77. The Morgan fingerprint density at radius 1 is 1.47 bits per heavy atom. The van der Waals surface area contributed by atoms with Crippen molar-refractivity contribution >= 4 is 22.5 Å². The van der Waals surface area contributed by atoms with E-state index in [9.17, 15) is 4.79 Å². The Bertz CT molecular complexity index is 548. The minimum atomic E-state index is -0.0926. The molecule has 0 aliphatic rings. The lowest BCUT2D eigenvalue weighted by atomic mass is 10.1. The van der Waals surface area contributed by atoms with Crippen LogP contribution < -0.4 is 10.9 Å². The Labute approximate surface area is 92.1 Å². The molecule has 0 amide bonds. The molecule has 3 nitrogen and oxygen atoms in total. The van der Waals surface area contributed by atoms with Crippen LogP contribution >= 0.6 is 11.6 Å². The summed E-state index contributed by atoms with van der Waals surface area (Å²) in [6.45, 7) is 0.553. The molecule has 0 spiro atoms. The monoisotopic (exact) mass is 222 g/mol. The molecule has 0 radical (unpaired) electrons. The predicted octanol–water partition coefficient (Wildman–Crippen LogP) is 1.90. The van der Waals surface area contributed by atoms with Crippen LogP contribution in [0.5, 0.6) is 0 Å². The van der Waals surface area contributed by atoms with Crippen molar-refractivity contribution in [1.29, 1.82) is 0 Å². The van der Waals surface area contributed by atoms with Crippen LogP contribution in [-0.4, -0.2) is 12.0 Å². The topological polar surface area (TPSA) is 44.9 Å². The van der Waals surface area contributed by atoms with E-state index in [1.54, 1.807) is 6.07 Å². The van der Waals surface area contributed by atoms with Gasteiger partial charge in [0.2, 0.25) is 0 Å². The summed E-state index contributed by atoms with van der Waals surface area (Å²) in [4.78, 5) is 14.4. The number of para-hydroxylation sites is 1. The number of rotatable bonds is 2. The molecule has 15 heavy (non-hydrogen) atoms. The van der Waals surface area contributed by atoms with E-state index in [1.807, 2.05) is 25.2 Å². The first-order valence-corrected chi connectivity index (χ1v) is 5.05. The number of aromatic amines is 1. The van der Waals surface area contributed by atoms with Crippen molar-refractivity contribution in [2.45, 2.75) is 6.54 Å². The predicted molar refractivity (Wildman–Crippen MR) is 62.3 cm³/mol. The zero-order valence-corrected chi connectivity index (χ0v) is 9.06. The van der Waals surface area contributed by atoms with Crippen molar-refractivity contribution in [3.05, 3.63) is 45.2 Å². The van der Waals surface area contributed by atoms with Gasteiger partial charge in [-0.1, -0.05) is 23.7 Å². The minimum absolute atomic E-state index is 0.0926. The summed E-state index contributed by atoms with van der Waals surface area (Å²) in [5.74, 6) is 0. The molecule has 78 valence electrons. The SMILES string of the molecule is CNCc1cc2cccc(Cl)c2[nH]c1=O. The largest absolute Gasteiger partial charge is 0.320 e. The number of nitrogens with one attached hydrogen (secondary N) is 2. The highest BCUT2D eigenvalue weighted by Crippen LogP contribution is 2.20. The molecular formula is C11H11ClN2O. The van der Waals surface area contributed by atoms with Gasteiger partial charge in [-0.2, -0.15) is 0 Å². The third-order valence-corrected chi connectivity index (χ3v) is 2.59. The first-order chi connectivity index (χ1) is 7.22. The van der Waals surface area contributed by atoms with Gasteiger partial charge in [-0.3, -0.25) is 4.79 Å². The quantitative estimate of drug-likeness (QED) is 0.815. The molecule has 0 saturated carbocycles. The van der Waals surface area contributed by atoms with Gasteiger partial charge in [-0.15, -0.1) is 0 Å². The zero-order valence-electron chi connectivity index (χ0n) is 8.30. The Morgan fingerprint density at radius 3 is 3.00 bits per heavy atom. The van der Waals surface area contributed by atoms with E-state index in [1.165, 1.54) is 0 Å². The number of H-pyrrole nitrogens is 1. The molecule has 0 aliphatic heterocycles. The molecule has 1 heterocycles. The van der Waals surface area contributed by atoms with Crippen molar-refractivity contribution in [2.24, 2.45) is 0 Å². The normalized spacial score (nSPS) is 10.8. The van der Waals surface area contributed by atoms with Crippen molar-refractivity contribution < 1.29 is 0 Å². The highest BCUT2D eigenvalue weighted by Gasteiger charge is 2.03. The third kappa shape index (κ3) is 1.89. The van der Waals surface area contributed by atoms with Gasteiger partial charge in [-0.25, -0.2) is 0 Å². The molecule has 0 fully saturated rings. The fourth-order valence-corrected chi connectivity index (χ4v) is 1.79. The van der Waals surface area contributed by atoms with Crippen LogP contribution in [0.2, 0.25) is 5.02 Å². The van der Waals surface area contributed by atoms with Crippen molar-refractivity contribution in [1.82, 2.24) is 10.3 Å². The lowest BCUT2D eigenvalue weighted by molar-refractivity contribution is 0.808. The molecule has 4 heteroatoms. The van der Waals surface area contributed by atoms with Gasteiger partial charge in [-0.05, 0) is 19.2 Å². The fraction of sp³-hybridized carbons (Fsp3) is 0.182. The Hall–Kier alpha value is -1.32. The van der Waals surface area contributed by atoms with Crippen LogP contribution in [0.3, 0.4) is 0 Å². The van der Waals surface area contributed by atoms with Crippen molar-refractivity contribution in [2.75, 3.05) is 7.05 Å². The minimum Gasteiger partial charge on any atom is -0.320 e. The summed E-state index contributed by atoms with van der Waals surface area (Å²) in [5.41, 5.74) is 1.32. The molecule has 1 aromatic heterocycles. The number of halogens is 1. The first kappa shape index (κ1) is 10.2. The van der Waals surface area contributed by atoms with E-state index >= 15 is 0 Å². The maximum absolute atomic E-state index is 11.6. The van der Waals surface area contributed by atoms with Crippen LogP contribution in [0.15, 0.2) is 29.1 Å². The molecule has 1 aromatic carbocycles. The van der Waals surface area contributed by atoms with Crippen LogP contribution in [0, 0.1) is 0 Å². The van der Waals surface area contributed by atoms with E-state index < -0.39 is 0 Å². The number of hydrogen-bond donors (Lipinski definition) is 2. The average Bonchev–Trinajstić information content (AvgIpc) is 2.21. The van der Waals surface area contributed by atoms with Gasteiger partial charge in [0, 0.05) is 17.5 Å². The fourth-order valence-electron chi connectivity index (χ4n) is 1.56. The second-order valence-electron chi connectivity index (χ2n) is 3.36. The number of fused-ring (bicyclic) bond motifs is 1. The maximum atomic E-state index is 11.6. The number of benzene rings is 1. The highest BCUT2D eigenvalue weighted by atomic mass is 35.5. The highest BCUT2D eigenvalue weighted by molar-refractivity contribution is 6.35. The third-order valence-electron chi connectivity index (χ3n) is 2.27. The van der Waals surface area contributed by atoms with Gasteiger partial charge in [0.05, 0.1) is 10.5 Å². The van der Waals surface area contributed by atoms with E-state index in [-0.39, 0.29) is 5.56 Å². The van der Waals surface area contributed by atoms with E-state index in [2.05, 4.69) is 10.3 Å². The van der Waals surface area contributed by atoms with Gasteiger partial charge < -0.3 is 10.3 Å². The molecule has 2 aromatic rings. The van der Waals surface area contributed by atoms with Crippen molar-refractivity contribution in [3.63, 3.8) is 0 Å². The summed E-state index contributed by atoms with van der Waals surface area (Å²) in [6.07, 6.45) is 0. The summed E-state index contributed by atoms with van der Waals surface area (Å²) < 4.78 is 0. The summed E-state index contributed by atoms with van der Waals surface area (Å²) in [5, 5.41) is 4.47. The lowest BCUT2D eigenvalue weighted by Gasteiger charge is -2.03. The first-order valence-electron chi connectivity index (χ1n) is 4.67. The van der Waals surface area contributed by atoms with Gasteiger partial charge >= 0.3 is 0 Å². The molecule has 2 N–H and O–H groups in total. The van der Waals surface area contributed by atoms with Crippen molar-refractivity contribution in [3.8, 4) is 0 Å². The van der Waals surface area contributed by atoms with E-state index in [0.29, 0.717) is 22.6 Å². The second kappa shape index (κ2) is 4.04. The Balaban J connectivity index is 2.71. The van der Waals surface area contributed by atoms with Crippen LogP contribution in [0.25, 0.3) is 10.9 Å². The summed E-state index contributed by atoms with van der Waals surface area (Å²) in [7, 11) is 1.81. The van der Waals surface area contributed by atoms with Crippen LogP contribution in [-0.2, 0) is 6.54 Å². The molecule has 0 bridgehead atoms. The molecule has 0 aliphatic carbocycles. The molecule has 0 atom stereocenters. The molecule has 0 saturated heterocycles. The lowest BCUT2D eigenvalue weighted by Crippen LogP contribution is -2.18. The summed E-state index contributed by atoms with van der Waals surface area (Å²) >= 11 is 5.97. The zero-order chi connectivity index (χ0) is 10.8. The molecule has 0 unspecified atom stereocenters. The number of pyridine rings is 1. The van der Waals surface area contributed by atoms with Crippen LogP contribution in [0.1, 0.15) is 5.56 Å². The van der Waals surface area contributed by atoms with Gasteiger partial charge in [0.15, 0.2) is 0 Å². The van der Waals surface area contributed by atoms with Gasteiger partial charge in [0.25, 0.3) is 5.56 Å². The average molecular weight is 223 g/mol. The Morgan fingerprint density at radius 2 is 2.27 bits per heavy atom. The van der Waals surface area contributed by atoms with E-state index in [4.69, 9.17) is 11.6 Å². The molecule has 2 rings (SSSR count). The number of hydrogen-bond acceptors (Lipinski definition) is 2. The van der Waals surface area contributed by atoms with E-state index in [0.717, 1.165) is 5.39 Å². The standard InChI is InChI=1S/C11H11ClN2O/c1-13-6-8-5-7-3-2-4-9(12)10(7)14-11(8)15/h2-5,13H,6H2,1H3,(H,14,15). The smallest absolute Gasteiger partial charge is 0.252 e. The van der Waals surface area contributed by atoms with Gasteiger partial charge in [0.1, 0.15) is 0 Å². The Kier molecular flexibility index (Phi) is 2.75. The number of aromatic nitrogens is 1. The molecular weight excluding hydrogens is 212 g/mol. The van der Waals surface area contributed by atoms with Crippen LogP contribution in [0.4, 0.5) is 0 Å². The summed E-state index contributed by atoms with van der Waals surface area (Å²) in [6, 6.07) is 7.41. The maximum Gasteiger partial charge on any atom is 0.252 e.